The van der Waals surface area contributed by atoms with Crippen LogP contribution in [0, 0.1) is 20.8 Å². The SMILES string of the molecule is Cc1ccc(N)cc1-c1nnnn1-c1cccc(C)c1C. The first-order valence-corrected chi connectivity index (χ1v) is 6.79. The minimum Gasteiger partial charge on any atom is -0.399 e. The lowest BCUT2D eigenvalue weighted by Crippen LogP contribution is -2.04. The predicted molar refractivity (Wildman–Crippen MR) is 83.2 cm³/mol. The second-order valence-corrected chi connectivity index (χ2v) is 5.21. The molecule has 0 spiro atoms. The zero-order valence-corrected chi connectivity index (χ0v) is 12.3. The summed E-state index contributed by atoms with van der Waals surface area (Å²) in [6, 6.07) is 11.9. The number of nitrogen functional groups attached to an aromatic ring is 1. The van der Waals surface area contributed by atoms with E-state index in [1.54, 1.807) is 4.68 Å². The third-order valence-corrected chi connectivity index (χ3v) is 3.78. The standard InChI is InChI=1S/C16H17N5/c1-10-5-4-6-15(12(10)3)21-16(18-19-20-21)14-9-13(17)8-7-11(14)2/h4-9H,17H2,1-3H3. The van der Waals surface area contributed by atoms with E-state index in [9.17, 15) is 0 Å². The molecule has 0 radical (unpaired) electrons. The molecule has 3 rings (SSSR count). The lowest BCUT2D eigenvalue weighted by Gasteiger charge is -2.11. The highest BCUT2D eigenvalue weighted by Crippen LogP contribution is 2.26. The fraction of sp³-hybridized carbons (Fsp3) is 0.188. The van der Waals surface area contributed by atoms with Crippen molar-refractivity contribution < 1.29 is 0 Å². The first-order valence-electron chi connectivity index (χ1n) is 6.79. The highest BCUT2D eigenvalue weighted by molar-refractivity contribution is 5.67. The first-order chi connectivity index (χ1) is 10.1. The van der Waals surface area contributed by atoms with Gasteiger partial charge in [-0.05, 0) is 66.1 Å². The van der Waals surface area contributed by atoms with Gasteiger partial charge < -0.3 is 5.73 Å². The van der Waals surface area contributed by atoms with Gasteiger partial charge in [0.15, 0.2) is 5.82 Å². The number of anilines is 1. The van der Waals surface area contributed by atoms with Crippen molar-refractivity contribution in [1.82, 2.24) is 20.2 Å². The second-order valence-electron chi connectivity index (χ2n) is 5.21. The summed E-state index contributed by atoms with van der Waals surface area (Å²) < 4.78 is 1.77. The van der Waals surface area contributed by atoms with Crippen LogP contribution in [0.1, 0.15) is 16.7 Å². The van der Waals surface area contributed by atoms with Gasteiger partial charge in [0.05, 0.1) is 5.69 Å². The van der Waals surface area contributed by atoms with Gasteiger partial charge in [-0.2, -0.15) is 4.68 Å². The van der Waals surface area contributed by atoms with Gasteiger partial charge in [0, 0.05) is 11.3 Å². The lowest BCUT2D eigenvalue weighted by molar-refractivity contribution is 0.786. The number of hydrogen-bond acceptors (Lipinski definition) is 4. The van der Waals surface area contributed by atoms with Crippen molar-refractivity contribution in [3.8, 4) is 17.1 Å². The molecule has 0 fully saturated rings. The topological polar surface area (TPSA) is 69.6 Å². The summed E-state index contributed by atoms with van der Waals surface area (Å²) in [5.41, 5.74) is 12.0. The van der Waals surface area contributed by atoms with Gasteiger partial charge in [-0.3, -0.25) is 0 Å². The number of nitrogens with two attached hydrogens (primary N) is 1. The van der Waals surface area contributed by atoms with Crippen LogP contribution >= 0.6 is 0 Å². The van der Waals surface area contributed by atoms with Crippen molar-refractivity contribution in [2.24, 2.45) is 0 Å². The molecule has 2 aromatic carbocycles. The fourth-order valence-corrected chi connectivity index (χ4v) is 2.36. The smallest absolute Gasteiger partial charge is 0.187 e. The van der Waals surface area contributed by atoms with Crippen LogP contribution < -0.4 is 5.73 Å². The highest BCUT2D eigenvalue weighted by atomic mass is 15.5. The molecule has 0 saturated carbocycles. The summed E-state index contributed by atoms with van der Waals surface area (Å²) in [7, 11) is 0. The van der Waals surface area contributed by atoms with Crippen molar-refractivity contribution in [1.29, 1.82) is 0 Å². The Morgan fingerprint density at radius 2 is 1.81 bits per heavy atom. The van der Waals surface area contributed by atoms with Crippen molar-refractivity contribution in [3.05, 3.63) is 53.1 Å². The van der Waals surface area contributed by atoms with Crippen LogP contribution in [0.3, 0.4) is 0 Å². The maximum atomic E-state index is 5.90. The van der Waals surface area contributed by atoms with Gasteiger partial charge in [0.2, 0.25) is 0 Å². The molecule has 0 unspecified atom stereocenters. The summed E-state index contributed by atoms with van der Waals surface area (Å²) in [5.74, 6) is 0.702. The number of aryl methyl sites for hydroxylation is 2. The fourth-order valence-electron chi connectivity index (χ4n) is 2.36. The molecule has 0 aliphatic heterocycles. The van der Waals surface area contributed by atoms with E-state index in [2.05, 4.69) is 35.4 Å². The van der Waals surface area contributed by atoms with E-state index in [0.29, 0.717) is 11.5 Å². The molecule has 2 N–H and O–H groups in total. The Morgan fingerprint density at radius 3 is 2.62 bits per heavy atom. The van der Waals surface area contributed by atoms with Gasteiger partial charge in [-0.15, -0.1) is 5.10 Å². The zero-order chi connectivity index (χ0) is 15.0. The monoisotopic (exact) mass is 279 g/mol. The quantitative estimate of drug-likeness (QED) is 0.732. The Bertz CT molecular complexity index is 788. The van der Waals surface area contributed by atoms with Crippen molar-refractivity contribution in [2.45, 2.75) is 20.8 Å². The molecule has 0 atom stereocenters. The van der Waals surface area contributed by atoms with E-state index in [-0.39, 0.29) is 0 Å². The van der Waals surface area contributed by atoms with Crippen molar-refractivity contribution >= 4 is 5.69 Å². The third kappa shape index (κ3) is 2.27. The van der Waals surface area contributed by atoms with Crippen LogP contribution in [0.25, 0.3) is 17.1 Å². The summed E-state index contributed by atoms with van der Waals surface area (Å²) in [4.78, 5) is 0. The first kappa shape index (κ1) is 13.3. The molecule has 0 saturated heterocycles. The van der Waals surface area contributed by atoms with E-state index in [4.69, 9.17) is 5.73 Å². The second kappa shape index (κ2) is 5.01. The summed E-state index contributed by atoms with van der Waals surface area (Å²) in [6.45, 7) is 6.17. The molecular weight excluding hydrogens is 262 g/mol. The van der Waals surface area contributed by atoms with Gasteiger partial charge in [-0.25, -0.2) is 0 Å². The van der Waals surface area contributed by atoms with E-state index < -0.39 is 0 Å². The molecule has 106 valence electrons. The zero-order valence-electron chi connectivity index (χ0n) is 12.3. The van der Waals surface area contributed by atoms with Gasteiger partial charge in [0.1, 0.15) is 0 Å². The number of nitrogens with zero attached hydrogens (tertiary/aromatic N) is 4. The molecular formula is C16H17N5. The molecule has 0 aliphatic rings. The van der Waals surface area contributed by atoms with Crippen LogP contribution in [0.15, 0.2) is 36.4 Å². The van der Waals surface area contributed by atoms with Crippen LogP contribution in [-0.4, -0.2) is 20.2 Å². The Morgan fingerprint density at radius 1 is 1.00 bits per heavy atom. The van der Waals surface area contributed by atoms with Crippen LogP contribution in [0.2, 0.25) is 0 Å². The maximum Gasteiger partial charge on any atom is 0.187 e. The number of hydrogen-bond donors (Lipinski definition) is 1. The van der Waals surface area contributed by atoms with E-state index in [1.807, 2.05) is 37.3 Å². The Hall–Kier alpha value is -2.69. The van der Waals surface area contributed by atoms with Crippen LogP contribution in [0.5, 0.6) is 0 Å². The third-order valence-electron chi connectivity index (χ3n) is 3.78. The molecule has 1 aromatic heterocycles. The van der Waals surface area contributed by atoms with E-state index >= 15 is 0 Å². The highest BCUT2D eigenvalue weighted by Gasteiger charge is 2.15. The molecule has 5 nitrogen and oxygen atoms in total. The molecule has 3 aromatic rings. The normalized spacial score (nSPS) is 10.8. The van der Waals surface area contributed by atoms with Crippen molar-refractivity contribution in [2.75, 3.05) is 5.73 Å². The van der Waals surface area contributed by atoms with Gasteiger partial charge in [0.25, 0.3) is 0 Å². The van der Waals surface area contributed by atoms with Crippen molar-refractivity contribution in [3.63, 3.8) is 0 Å². The molecule has 0 aliphatic carbocycles. The average Bonchev–Trinajstić information content (AvgIpc) is 2.93. The number of rotatable bonds is 2. The lowest BCUT2D eigenvalue weighted by atomic mass is 10.1. The molecule has 1 heterocycles. The largest absolute Gasteiger partial charge is 0.399 e. The maximum absolute atomic E-state index is 5.90. The van der Waals surface area contributed by atoms with E-state index in [1.165, 1.54) is 5.56 Å². The minimum absolute atomic E-state index is 0.700. The van der Waals surface area contributed by atoms with E-state index in [0.717, 1.165) is 22.4 Å². The molecule has 0 amide bonds. The minimum atomic E-state index is 0.700. The van der Waals surface area contributed by atoms with Gasteiger partial charge in [-0.1, -0.05) is 18.2 Å². The summed E-state index contributed by atoms with van der Waals surface area (Å²) in [5, 5.41) is 12.2. The molecule has 5 heteroatoms. The molecule has 21 heavy (non-hydrogen) atoms. The summed E-state index contributed by atoms with van der Waals surface area (Å²) >= 11 is 0. The number of tetrazole rings is 1. The Kier molecular flexibility index (Phi) is 3.17. The number of aromatic nitrogens is 4. The number of benzene rings is 2. The predicted octanol–water partition coefficient (Wildman–Crippen LogP) is 2.84. The average molecular weight is 279 g/mol. The van der Waals surface area contributed by atoms with Crippen LogP contribution in [0.4, 0.5) is 5.69 Å². The van der Waals surface area contributed by atoms with Gasteiger partial charge >= 0.3 is 0 Å². The van der Waals surface area contributed by atoms with Crippen LogP contribution in [-0.2, 0) is 0 Å². The Balaban J connectivity index is 2.22. The Labute approximate surface area is 123 Å². The molecule has 0 bridgehead atoms. The summed E-state index contributed by atoms with van der Waals surface area (Å²) in [6.07, 6.45) is 0.